The number of ether oxygens (including phenoxy) is 1. The fourth-order valence-electron chi connectivity index (χ4n) is 6.45. The van der Waals surface area contributed by atoms with Gasteiger partial charge in [0.2, 0.25) is 5.91 Å². The van der Waals surface area contributed by atoms with Gasteiger partial charge < -0.3 is 19.9 Å². The molecule has 2 fully saturated rings. The van der Waals surface area contributed by atoms with Crippen LogP contribution in [0.1, 0.15) is 71.5 Å². The molecule has 3 aromatic rings. The number of amides is 2. The number of nitrogens with one attached hydrogen (secondary N) is 1. The van der Waals surface area contributed by atoms with Gasteiger partial charge in [0, 0.05) is 50.0 Å². The predicted octanol–water partition coefficient (Wildman–Crippen LogP) is 4.86. The molecule has 45 heavy (non-hydrogen) atoms. The Morgan fingerprint density at radius 1 is 0.844 bits per heavy atom. The molecule has 2 aliphatic rings. The minimum Gasteiger partial charge on any atom is -0.378 e. The Morgan fingerprint density at radius 3 is 2.04 bits per heavy atom. The molecule has 2 unspecified atom stereocenters. The Hall–Kier alpha value is -3.53. The van der Waals surface area contributed by atoms with Crippen molar-refractivity contribution < 1.29 is 22.7 Å². The topological polar surface area (TPSA) is 96.0 Å². The fraction of sp³-hybridized carbons (Fsp3) is 0.444. The summed E-state index contributed by atoms with van der Waals surface area (Å²) in [5.74, 6) is -0.0247. The third kappa shape index (κ3) is 8.60. The molecule has 3 aromatic carbocycles. The molecular formula is C36H45N3O5S. The number of sulfone groups is 1. The first kappa shape index (κ1) is 32.9. The monoisotopic (exact) mass is 631 g/mol. The van der Waals surface area contributed by atoms with Crippen LogP contribution in [0.25, 0.3) is 0 Å². The summed E-state index contributed by atoms with van der Waals surface area (Å²) in [7, 11) is -3.27. The molecule has 0 spiro atoms. The highest BCUT2D eigenvalue weighted by Crippen LogP contribution is 2.30. The minimum atomic E-state index is -3.27. The van der Waals surface area contributed by atoms with Crippen LogP contribution >= 0.6 is 0 Å². The van der Waals surface area contributed by atoms with Gasteiger partial charge in [-0.3, -0.25) is 9.59 Å². The quantitative estimate of drug-likeness (QED) is 0.325. The normalized spacial score (nSPS) is 17.9. The van der Waals surface area contributed by atoms with Crippen molar-refractivity contribution in [2.45, 2.75) is 55.4 Å². The highest BCUT2D eigenvalue weighted by atomic mass is 32.2. The second-order valence-corrected chi connectivity index (χ2v) is 14.2. The number of carbonyl (C=O) groups is 2. The van der Waals surface area contributed by atoms with E-state index >= 15 is 0 Å². The van der Waals surface area contributed by atoms with E-state index in [1.165, 1.54) is 17.4 Å². The van der Waals surface area contributed by atoms with Crippen LogP contribution in [0.3, 0.4) is 0 Å². The van der Waals surface area contributed by atoms with Crippen LogP contribution in [0.5, 0.6) is 0 Å². The number of carbonyl (C=O) groups excluding carboxylic acids is 2. The number of hydrogen-bond acceptors (Lipinski definition) is 6. The van der Waals surface area contributed by atoms with Crippen LogP contribution in [0.15, 0.2) is 83.8 Å². The standard InChI is InChI=1S/C36H45N3O5S/c1-3-33(28-13-15-32(16-14-28)45(2,42)43)35(40)37-31-17-20-38(21-18-31)22-19-34(27-7-5-4-6-8-27)29-9-11-30(12-10-29)36(41)39-23-25-44-26-24-39/h4-16,31,33-34H,3,17-26H2,1-2H3,(H,37,40). The summed E-state index contributed by atoms with van der Waals surface area (Å²) in [6.07, 6.45) is 4.58. The second kappa shape index (κ2) is 15.2. The molecule has 0 bridgehead atoms. The molecule has 2 amide bonds. The average Bonchev–Trinajstić information content (AvgIpc) is 3.06. The van der Waals surface area contributed by atoms with E-state index in [1.54, 1.807) is 24.3 Å². The van der Waals surface area contributed by atoms with Gasteiger partial charge in [-0.1, -0.05) is 61.5 Å². The summed E-state index contributed by atoms with van der Waals surface area (Å²) in [4.78, 5) is 30.8. The Bertz CT molecular complexity index is 1510. The summed E-state index contributed by atoms with van der Waals surface area (Å²) in [6, 6.07) is 25.5. The molecule has 9 heteroatoms. The predicted molar refractivity (Wildman–Crippen MR) is 176 cm³/mol. The van der Waals surface area contributed by atoms with Gasteiger partial charge in [-0.2, -0.15) is 0 Å². The Balaban J connectivity index is 1.15. The summed E-state index contributed by atoms with van der Waals surface area (Å²) in [5, 5.41) is 3.27. The first-order valence-electron chi connectivity index (χ1n) is 16.1. The van der Waals surface area contributed by atoms with E-state index in [-0.39, 0.29) is 34.6 Å². The molecule has 2 saturated heterocycles. The van der Waals surface area contributed by atoms with E-state index < -0.39 is 9.84 Å². The van der Waals surface area contributed by atoms with Crippen LogP contribution < -0.4 is 5.32 Å². The molecule has 0 saturated carbocycles. The number of nitrogens with zero attached hydrogens (tertiary/aromatic N) is 2. The maximum atomic E-state index is 13.2. The highest BCUT2D eigenvalue weighted by Gasteiger charge is 2.26. The van der Waals surface area contributed by atoms with Crippen molar-refractivity contribution in [3.05, 3.63) is 101 Å². The summed E-state index contributed by atoms with van der Waals surface area (Å²) < 4.78 is 29.0. The number of piperidine rings is 1. The van der Waals surface area contributed by atoms with Crippen molar-refractivity contribution in [3.63, 3.8) is 0 Å². The van der Waals surface area contributed by atoms with E-state index in [9.17, 15) is 18.0 Å². The number of benzene rings is 3. The van der Waals surface area contributed by atoms with Gasteiger partial charge in [0.25, 0.3) is 5.91 Å². The Morgan fingerprint density at radius 2 is 1.44 bits per heavy atom. The summed E-state index contributed by atoms with van der Waals surface area (Å²) >= 11 is 0. The van der Waals surface area contributed by atoms with Gasteiger partial charge in [-0.05, 0) is 73.2 Å². The highest BCUT2D eigenvalue weighted by molar-refractivity contribution is 7.90. The minimum absolute atomic E-state index is 0.00254. The van der Waals surface area contributed by atoms with E-state index in [2.05, 4.69) is 46.6 Å². The largest absolute Gasteiger partial charge is 0.378 e. The van der Waals surface area contributed by atoms with E-state index in [1.807, 2.05) is 30.0 Å². The second-order valence-electron chi connectivity index (χ2n) is 12.2. The molecule has 0 aliphatic carbocycles. The molecule has 2 atom stereocenters. The number of morpholine rings is 1. The van der Waals surface area contributed by atoms with Gasteiger partial charge in [-0.15, -0.1) is 0 Å². The van der Waals surface area contributed by atoms with Crippen LogP contribution in [0.2, 0.25) is 0 Å². The number of likely N-dealkylation sites (tertiary alicyclic amines) is 1. The zero-order valence-corrected chi connectivity index (χ0v) is 27.2. The third-order valence-electron chi connectivity index (χ3n) is 9.16. The van der Waals surface area contributed by atoms with Crippen molar-refractivity contribution in [2.24, 2.45) is 0 Å². The molecule has 2 aliphatic heterocycles. The lowest BCUT2D eigenvalue weighted by atomic mass is 9.87. The van der Waals surface area contributed by atoms with Gasteiger partial charge in [-0.25, -0.2) is 8.42 Å². The zero-order valence-electron chi connectivity index (χ0n) is 26.4. The molecule has 0 radical (unpaired) electrons. The molecular weight excluding hydrogens is 586 g/mol. The lowest BCUT2D eigenvalue weighted by molar-refractivity contribution is -0.123. The smallest absolute Gasteiger partial charge is 0.254 e. The lowest BCUT2D eigenvalue weighted by Crippen LogP contribution is -2.46. The maximum absolute atomic E-state index is 13.2. The average molecular weight is 632 g/mol. The zero-order chi connectivity index (χ0) is 31.8. The van der Waals surface area contributed by atoms with Gasteiger partial charge in [0.05, 0.1) is 24.0 Å². The number of rotatable bonds is 11. The van der Waals surface area contributed by atoms with Gasteiger partial charge in [0.1, 0.15) is 0 Å². The van der Waals surface area contributed by atoms with Crippen molar-refractivity contribution in [1.29, 1.82) is 0 Å². The molecule has 1 N–H and O–H groups in total. The van der Waals surface area contributed by atoms with Crippen LogP contribution in [0.4, 0.5) is 0 Å². The van der Waals surface area contributed by atoms with Crippen molar-refractivity contribution in [3.8, 4) is 0 Å². The van der Waals surface area contributed by atoms with Crippen molar-refractivity contribution in [2.75, 3.05) is 52.2 Å². The molecule has 240 valence electrons. The van der Waals surface area contributed by atoms with E-state index in [0.29, 0.717) is 38.3 Å². The first-order valence-corrected chi connectivity index (χ1v) is 18.0. The third-order valence-corrected chi connectivity index (χ3v) is 10.3. The Labute approximate surface area is 267 Å². The molecule has 8 nitrogen and oxygen atoms in total. The van der Waals surface area contributed by atoms with Crippen molar-refractivity contribution >= 4 is 21.7 Å². The van der Waals surface area contributed by atoms with Crippen molar-refractivity contribution in [1.82, 2.24) is 15.1 Å². The number of hydrogen-bond donors (Lipinski definition) is 1. The Kier molecular flexibility index (Phi) is 11.1. The summed E-state index contributed by atoms with van der Waals surface area (Å²) in [6.45, 7) is 7.20. The van der Waals surface area contributed by atoms with Crippen LogP contribution in [-0.4, -0.2) is 88.3 Å². The molecule has 2 heterocycles. The van der Waals surface area contributed by atoms with E-state index in [0.717, 1.165) is 44.5 Å². The fourth-order valence-corrected chi connectivity index (χ4v) is 7.08. The first-order chi connectivity index (χ1) is 21.7. The maximum Gasteiger partial charge on any atom is 0.254 e. The van der Waals surface area contributed by atoms with E-state index in [4.69, 9.17) is 4.74 Å². The molecule has 0 aromatic heterocycles. The van der Waals surface area contributed by atoms with Crippen LogP contribution in [-0.2, 0) is 19.4 Å². The van der Waals surface area contributed by atoms with Crippen LogP contribution in [0, 0.1) is 0 Å². The molecule has 5 rings (SSSR count). The van der Waals surface area contributed by atoms with Gasteiger partial charge in [0.15, 0.2) is 9.84 Å². The SMILES string of the molecule is CCC(C(=O)NC1CCN(CCC(c2ccccc2)c2ccc(C(=O)N3CCOCC3)cc2)CC1)c1ccc(S(C)(=O)=O)cc1. The van der Waals surface area contributed by atoms with Gasteiger partial charge >= 0.3 is 0 Å². The summed E-state index contributed by atoms with van der Waals surface area (Å²) in [5.41, 5.74) is 4.03. The lowest BCUT2D eigenvalue weighted by Gasteiger charge is -2.34.